The second kappa shape index (κ2) is 7.87. The van der Waals surface area contributed by atoms with Crippen LogP contribution in [-0.4, -0.2) is 62.2 Å². The predicted octanol–water partition coefficient (Wildman–Crippen LogP) is 1.78. The van der Waals surface area contributed by atoms with E-state index in [1.807, 2.05) is 7.05 Å². The van der Waals surface area contributed by atoms with E-state index in [1.54, 1.807) is 25.3 Å². The van der Waals surface area contributed by atoms with Gasteiger partial charge in [0, 0.05) is 12.1 Å². The molecule has 5 heteroatoms. The minimum Gasteiger partial charge on any atom is -0.496 e. The van der Waals surface area contributed by atoms with E-state index in [2.05, 4.69) is 23.9 Å². The van der Waals surface area contributed by atoms with E-state index in [1.165, 1.54) is 0 Å². The van der Waals surface area contributed by atoms with Crippen molar-refractivity contribution in [2.75, 3.05) is 41.3 Å². The fourth-order valence-corrected chi connectivity index (χ4v) is 2.06. The van der Waals surface area contributed by atoms with Gasteiger partial charge in [0.2, 0.25) is 0 Å². The number of ether oxygens (including phenoxy) is 1. The fourth-order valence-electron chi connectivity index (χ4n) is 2.06. The summed E-state index contributed by atoms with van der Waals surface area (Å²) in [6, 6.07) is 4.97. The fraction of sp³-hybridized carbons (Fsp3) is 0.533. The van der Waals surface area contributed by atoms with Crippen LogP contribution in [0.5, 0.6) is 5.75 Å². The van der Waals surface area contributed by atoms with Crippen LogP contribution >= 0.6 is 0 Å². The topological polar surface area (TPSA) is 53.0 Å². The highest BCUT2D eigenvalue weighted by molar-refractivity contribution is 5.88. The van der Waals surface area contributed by atoms with Crippen LogP contribution in [0.2, 0.25) is 0 Å². The third-order valence-electron chi connectivity index (χ3n) is 3.11. The molecule has 0 aliphatic heterocycles. The number of methoxy groups -OCH3 is 1. The van der Waals surface area contributed by atoms with Crippen molar-refractivity contribution in [1.29, 1.82) is 0 Å². The van der Waals surface area contributed by atoms with Crippen molar-refractivity contribution >= 4 is 5.97 Å². The number of aromatic carboxylic acids is 1. The van der Waals surface area contributed by atoms with Gasteiger partial charge in [0.25, 0.3) is 0 Å². The summed E-state index contributed by atoms with van der Waals surface area (Å²) in [4.78, 5) is 15.4. The molecule has 1 rings (SSSR count). The molecular weight excluding hydrogens is 256 g/mol. The zero-order valence-corrected chi connectivity index (χ0v) is 12.7. The third-order valence-corrected chi connectivity index (χ3v) is 3.11. The van der Waals surface area contributed by atoms with E-state index in [-0.39, 0.29) is 0 Å². The van der Waals surface area contributed by atoms with E-state index in [0.717, 1.165) is 30.8 Å². The van der Waals surface area contributed by atoms with E-state index < -0.39 is 5.97 Å². The first-order valence-electron chi connectivity index (χ1n) is 6.67. The smallest absolute Gasteiger partial charge is 0.335 e. The molecule has 0 unspecified atom stereocenters. The van der Waals surface area contributed by atoms with Crippen LogP contribution in [0.1, 0.15) is 22.3 Å². The van der Waals surface area contributed by atoms with Crippen LogP contribution in [0, 0.1) is 0 Å². The number of carbonyl (C=O) groups is 1. The molecule has 0 aliphatic carbocycles. The van der Waals surface area contributed by atoms with E-state index in [9.17, 15) is 4.79 Å². The predicted molar refractivity (Wildman–Crippen MR) is 79.5 cm³/mol. The first-order chi connectivity index (χ1) is 9.43. The molecule has 0 saturated carbocycles. The Morgan fingerprint density at radius 3 is 2.50 bits per heavy atom. The summed E-state index contributed by atoms with van der Waals surface area (Å²) in [6.07, 6.45) is 1.07. The lowest BCUT2D eigenvalue weighted by molar-refractivity contribution is 0.0696. The third kappa shape index (κ3) is 5.19. The summed E-state index contributed by atoms with van der Waals surface area (Å²) in [5.74, 6) is -0.182. The zero-order valence-electron chi connectivity index (χ0n) is 12.7. The van der Waals surface area contributed by atoms with Gasteiger partial charge in [-0.3, -0.25) is 0 Å². The summed E-state index contributed by atoms with van der Waals surface area (Å²) < 4.78 is 5.30. The van der Waals surface area contributed by atoms with Crippen molar-refractivity contribution in [3.63, 3.8) is 0 Å². The first kappa shape index (κ1) is 16.5. The molecule has 0 fully saturated rings. The van der Waals surface area contributed by atoms with Crippen molar-refractivity contribution in [3.8, 4) is 5.75 Å². The van der Waals surface area contributed by atoms with Crippen molar-refractivity contribution < 1.29 is 14.6 Å². The highest BCUT2D eigenvalue weighted by atomic mass is 16.5. The number of carboxylic acids is 1. The molecule has 0 atom stereocenters. The van der Waals surface area contributed by atoms with Crippen LogP contribution in [-0.2, 0) is 6.54 Å². The lowest BCUT2D eigenvalue weighted by Crippen LogP contribution is -2.23. The van der Waals surface area contributed by atoms with Gasteiger partial charge in [0.05, 0.1) is 12.7 Å². The molecule has 1 aromatic carbocycles. The lowest BCUT2D eigenvalue weighted by atomic mass is 10.1. The highest BCUT2D eigenvalue weighted by Gasteiger charge is 2.11. The first-order valence-corrected chi connectivity index (χ1v) is 6.67. The minimum absolute atomic E-state index is 0.294. The Labute approximate surface area is 120 Å². The monoisotopic (exact) mass is 280 g/mol. The summed E-state index contributed by atoms with van der Waals surface area (Å²) >= 11 is 0. The normalized spacial score (nSPS) is 11.1. The van der Waals surface area contributed by atoms with Gasteiger partial charge < -0.3 is 19.6 Å². The van der Waals surface area contributed by atoms with Gasteiger partial charge in [-0.05, 0) is 58.9 Å². The molecule has 0 amide bonds. The van der Waals surface area contributed by atoms with Crippen molar-refractivity contribution in [1.82, 2.24) is 9.80 Å². The number of hydrogen-bond acceptors (Lipinski definition) is 4. The van der Waals surface area contributed by atoms with E-state index in [4.69, 9.17) is 9.84 Å². The summed E-state index contributed by atoms with van der Waals surface area (Å²) in [5, 5.41) is 9.05. The Bertz CT molecular complexity index is 447. The van der Waals surface area contributed by atoms with E-state index >= 15 is 0 Å². The average Bonchev–Trinajstić information content (AvgIpc) is 2.38. The van der Waals surface area contributed by atoms with Gasteiger partial charge in [0.1, 0.15) is 5.75 Å². The number of nitrogens with zero attached hydrogens (tertiary/aromatic N) is 2. The van der Waals surface area contributed by atoms with Crippen LogP contribution in [0.4, 0.5) is 0 Å². The standard InChI is InChI=1S/C15H24N2O3/c1-16(2)8-5-9-17(3)11-13-10-12(15(18)19)6-7-14(13)20-4/h6-7,10H,5,8-9,11H2,1-4H3,(H,18,19). The van der Waals surface area contributed by atoms with Crippen molar-refractivity contribution in [3.05, 3.63) is 29.3 Å². The minimum atomic E-state index is -0.913. The molecule has 0 spiro atoms. The van der Waals surface area contributed by atoms with Gasteiger partial charge in [-0.2, -0.15) is 0 Å². The molecule has 1 N–H and O–H groups in total. The molecule has 0 heterocycles. The molecule has 112 valence electrons. The van der Waals surface area contributed by atoms with E-state index in [0.29, 0.717) is 12.1 Å². The molecule has 0 saturated heterocycles. The van der Waals surface area contributed by atoms with Crippen molar-refractivity contribution in [2.24, 2.45) is 0 Å². The Hall–Kier alpha value is -1.59. The molecule has 0 aromatic heterocycles. The molecule has 20 heavy (non-hydrogen) atoms. The molecule has 5 nitrogen and oxygen atoms in total. The lowest BCUT2D eigenvalue weighted by Gasteiger charge is -2.19. The maximum absolute atomic E-state index is 11.0. The average molecular weight is 280 g/mol. The highest BCUT2D eigenvalue weighted by Crippen LogP contribution is 2.21. The molecule has 1 aromatic rings. The summed E-state index contributed by atoms with van der Waals surface area (Å²) in [7, 11) is 7.74. The van der Waals surface area contributed by atoms with Crippen molar-refractivity contribution in [2.45, 2.75) is 13.0 Å². The Balaban J connectivity index is 2.69. The quantitative estimate of drug-likeness (QED) is 0.786. The maximum Gasteiger partial charge on any atom is 0.335 e. The Kier molecular flexibility index (Phi) is 6.48. The van der Waals surface area contributed by atoms with Gasteiger partial charge in [-0.15, -0.1) is 0 Å². The SMILES string of the molecule is COc1ccc(C(=O)O)cc1CN(C)CCCN(C)C. The number of carboxylic acid groups (broad SMARTS) is 1. The molecular formula is C15H24N2O3. The van der Waals surface area contributed by atoms with Crippen LogP contribution in [0.3, 0.4) is 0 Å². The van der Waals surface area contributed by atoms with Crippen LogP contribution < -0.4 is 4.74 Å². The number of hydrogen-bond donors (Lipinski definition) is 1. The summed E-state index contributed by atoms with van der Waals surface area (Å²) in [6.45, 7) is 2.67. The zero-order chi connectivity index (χ0) is 15.1. The number of benzene rings is 1. The Morgan fingerprint density at radius 1 is 1.25 bits per heavy atom. The van der Waals surface area contributed by atoms with Gasteiger partial charge in [-0.1, -0.05) is 0 Å². The second-order valence-electron chi connectivity index (χ2n) is 5.23. The van der Waals surface area contributed by atoms with Crippen LogP contribution in [0.25, 0.3) is 0 Å². The number of rotatable bonds is 8. The largest absolute Gasteiger partial charge is 0.496 e. The molecule has 0 radical (unpaired) electrons. The summed E-state index contributed by atoms with van der Waals surface area (Å²) in [5.41, 5.74) is 1.20. The van der Waals surface area contributed by atoms with Crippen LogP contribution in [0.15, 0.2) is 18.2 Å². The molecule has 0 bridgehead atoms. The van der Waals surface area contributed by atoms with Gasteiger partial charge in [-0.25, -0.2) is 4.79 Å². The second-order valence-corrected chi connectivity index (χ2v) is 5.23. The maximum atomic E-state index is 11.0. The van der Waals surface area contributed by atoms with Gasteiger partial charge in [0.15, 0.2) is 0 Å². The van der Waals surface area contributed by atoms with Gasteiger partial charge >= 0.3 is 5.97 Å². The Morgan fingerprint density at radius 2 is 1.95 bits per heavy atom. The molecule has 0 aliphatic rings.